The van der Waals surface area contributed by atoms with Gasteiger partial charge in [-0.05, 0) is 12.0 Å². The molecule has 0 spiro atoms. The van der Waals surface area contributed by atoms with Crippen LogP contribution in [0.5, 0.6) is 0 Å². The minimum Gasteiger partial charge on any atom is -0.466 e. The van der Waals surface area contributed by atoms with E-state index in [1.807, 2.05) is 30.3 Å². The Morgan fingerprint density at radius 1 is 1.22 bits per heavy atom. The monoisotopic (exact) mass is 319 g/mol. The van der Waals surface area contributed by atoms with Crippen LogP contribution in [0.2, 0.25) is 0 Å². The van der Waals surface area contributed by atoms with Gasteiger partial charge in [0.2, 0.25) is 0 Å². The average Bonchev–Trinajstić information content (AvgIpc) is 2.58. The number of aliphatic hydroxyl groups is 1. The highest BCUT2D eigenvalue weighted by Crippen LogP contribution is 2.12. The van der Waals surface area contributed by atoms with Crippen LogP contribution >= 0.6 is 0 Å². The molecule has 2 N–H and O–H groups in total. The zero-order valence-electron chi connectivity index (χ0n) is 14.3. The first-order valence-corrected chi connectivity index (χ1v) is 8.42. The summed E-state index contributed by atoms with van der Waals surface area (Å²) in [6.07, 6.45) is 7.01. The molecule has 0 heterocycles. The average molecular weight is 319 g/mol. The fraction of sp³-hybridized carbons (Fsp3) is 0.526. The first-order valence-electron chi connectivity index (χ1n) is 8.42. The van der Waals surface area contributed by atoms with Gasteiger partial charge in [-0.15, -0.1) is 0 Å². The van der Waals surface area contributed by atoms with E-state index in [-0.39, 0.29) is 0 Å². The van der Waals surface area contributed by atoms with Gasteiger partial charge < -0.3 is 15.2 Å². The third-order valence-electron chi connectivity index (χ3n) is 3.75. The zero-order valence-corrected chi connectivity index (χ0v) is 14.3. The van der Waals surface area contributed by atoms with Crippen molar-refractivity contribution in [2.45, 2.75) is 58.1 Å². The number of benzene rings is 1. The molecule has 0 bridgehead atoms. The topological polar surface area (TPSA) is 58.6 Å². The molecule has 23 heavy (non-hydrogen) atoms. The maximum Gasteiger partial charge on any atom is 0.332 e. The molecule has 1 aromatic rings. The number of aliphatic hydroxyl groups excluding tert-OH is 1. The number of carbonyl (C=O) groups is 1. The second-order valence-electron chi connectivity index (χ2n) is 5.68. The molecule has 1 atom stereocenters. The second-order valence-corrected chi connectivity index (χ2v) is 5.68. The number of hydrogen-bond acceptors (Lipinski definition) is 4. The lowest BCUT2D eigenvalue weighted by molar-refractivity contribution is -0.135. The third kappa shape index (κ3) is 8.41. The van der Waals surface area contributed by atoms with Crippen molar-refractivity contribution >= 4 is 5.97 Å². The van der Waals surface area contributed by atoms with Gasteiger partial charge >= 0.3 is 5.97 Å². The van der Waals surface area contributed by atoms with E-state index < -0.39 is 12.1 Å². The van der Waals surface area contributed by atoms with Crippen LogP contribution in [0.3, 0.4) is 0 Å². The number of unbranched alkanes of at least 4 members (excludes halogenated alkanes) is 4. The van der Waals surface area contributed by atoms with Gasteiger partial charge in [0, 0.05) is 18.3 Å². The van der Waals surface area contributed by atoms with Crippen LogP contribution in [0, 0.1) is 0 Å². The quantitative estimate of drug-likeness (QED) is 0.372. The predicted molar refractivity (Wildman–Crippen MR) is 92.8 cm³/mol. The smallest absolute Gasteiger partial charge is 0.332 e. The summed E-state index contributed by atoms with van der Waals surface area (Å²) in [5.41, 5.74) is 1.62. The summed E-state index contributed by atoms with van der Waals surface area (Å²) in [7, 11) is 1.34. The van der Waals surface area contributed by atoms with Crippen molar-refractivity contribution in [2.24, 2.45) is 0 Å². The molecule has 0 aliphatic carbocycles. The molecule has 0 unspecified atom stereocenters. The fourth-order valence-corrected chi connectivity index (χ4v) is 2.35. The number of nitrogens with one attached hydrogen (secondary N) is 1. The lowest BCUT2D eigenvalue weighted by Gasteiger charge is -2.17. The second kappa shape index (κ2) is 11.7. The molecule has 0 aliphatic rings. The minimum absolute atomic E-state index is 0.453. The molecule has 0 saturated heterocycles. The zero-order chi connectivity index (χ0) is 16.9. The SMILES string of the molecule is CCCCCCC[C@@H](O)/C(=C\C(=O)OC)NCc1ccccc1. The summed E-state index contributed by atoms with van der Waals surface area (Å²) in [6.45, 7) is 2.75. The molecule has 4 nitrogen and oxygen atoms in total. The normalized spacial score (nSPS) is 12.7. The Balaban J connectivity index is 2.54. The van der Waals surface area contributed by atoms with Crippen LogP contribution in [0.4, 0.5) is 0 Å². The fourth-order valence-electron chi connectivity index (χ4n) is 2.35. The number of ether oxygens (including phenoxy) is 1. The van der Waals surface area contributed by atoms with Crippen molar-refractivity contribution < 1.29 is 14.6 Å². The van der Waals surface area contributed by atoms with E-state index in [9.17, 15) is 9.90 Å². The molecule has 0 fully saturated rings. The van der Waals surface area contributed by atoms with Crippen molar-refractivity contribution in [2.75, 3.05) is 7.11 Å². The van der Waals surface area contributed by atoms with E-state index in [0.717, 1.165) is 18.4 Å². The first-order chi connectivity index (χ1) is 11.2. The Morgan fingerprint density at radius 2 is 1.91 bits per heavy atom. The molecule has 0 aromatic heterocycles. The summed E-state index contributed by atoms with van der Waals surface area (Å²) in [5.74, 6) is -0.453. The molecular formula is C19H29NO3. The Bertz CT molecular complexity index is 471. The van der Waals surface area contributed by atoms with Crippen LogP contribution in [0.25, 0.3) is 0 Å². The van der Waals surface area contributed by atoms with Gasteiger partial charge in [0.1, 0.15) is 0 Å². The van der Waals surface area contributed by atoms with Gasteiger partial charge in [-0.25, -0.2) is 4.79 Å². The van der Waals surface area contributed by atoms with E-state index >= 15 is 0 Å². The van der Waals surface area contributed by atoms with Crippen LogP contribution in [0.1, 0.15) is 51.0 Å². The number of rotatable bonds is 11. The summed E-state index contributed by atoms with van der Waals surface area (Å²) < 4.78 is 4.67. The van der Waals surface area contributed by atoms with Crippen LogP contribution in [0.15, 0.2) is 42.1 Å². The summed E-state index contributed by atoms with van der Waals surface area (Å²) in [6, 6.07) is 9.88. The van der Waals surface area contributed by atoms with Crippen molar-refractivity contribution in [3.8, 4) is 0 Å². The Labute approximate surface area is 139 Å². The minimum atomic E-state index is -0.667. The lowest BCUT2D eigenvalue weighted by Crippen LogP contribution is -2.25. The van der Waals surface area contributed by atoms with Crippen LogP contribution < -0.4 is 5.32 Å². The molecular weight excluding hydrogens is 290 g/mol. The number of hydrogen-bond donors (Lipinski definition) is 2. The molecule has 0 aliphatic heterocycles. The van der Waals surface area contributed by atoms with Gasteiger partial charge in [0.05, 0.1) is 13.2 Å². The summed E-state index contributed by atoms with van der Waals surface area (Å²) in [5, 5.41) is 13.5. The number of carbonyl (C=O) groups excluding carboxylic acids is 1. The summed E-state index contributed by atoms with van der Waals surface area (Å²) in [4.78, 5) is 11.5. The van der Waals surface area contributed by atoms with Gasteiger partial charge in [-0.1, -0.05) is 69.4 Å². The highest BCUT2D eigenvalue weighted by atomic mass is 16.5. The van der Waals surface area contributed by atoms with E-state index in [1.54, 1.807) is 0 Å². The Kier molecular flexibility index (Phi) is 9.80. The van der Waals surface area contributed by atoms with E-state index in [0.29, 0.717) is 18.7 Å². The van der Waals surface area contributed by atoms with Gasteiger partial charge in [-0.2, -0.15) is 0 Å². The van der Waals surface area contributed by atoms with Crippen LogP contribution in [-0.2, 0) is 16.1 Å². The largest absolute Gasteiger partial charge is 0.466 e. The first kappa shape index (κ1) is 19.2. The lowest BCUT2D eigenvalue weighted by atomic mass is 10.1. The Hall–Kier alpha value is -1.81. The molecule has 0 saturated carbocycles. The predicted octanol–water partition coefficient (Wildman–Crippen LogP) is 3.55. The van der Waals surface area contributed by atoms with Crippen LogP contribution in [-0.4, -0.2) is 24.3 Å². The van der Waals surface area contributed by atoms with Crippen molar-refractivity contribution in [3.63, 3.8) is 0 Å². The van der Waals surface area contributed by atoms with Crippen molar-refractivity contribution in [1.82, 2.24) is 5.32 Å². The van der Waals surface area contributed by atoms with E-state index in [2.05, 4.69) is 17.0 Å². The van der Waals surface area contributed by atoms with Gasteiger partial charge in [0.15, 0.2) is 0 Å². The molecule has 128 valence electrons. The standard InChI is InChI=1S/C19H29NO3/c1-3-4-5-6-10-13-18(21)17(14-19(22)23-2)20-15-16-11-8-7-9-12-16/h7-9,11-12,14,18,20-21H,3-6,10,13,15H2,1-2H3/b17-14+/t18-/m1/s1. The van der Waals surface area contributed by atoms with E-state index in [1.165, 1.54) is 32.4 Å². The van der Waals surface area contributed by atoms with Crippen molar-refractivity contribution in [3.05, 3.63) is 47.7 Å². The maximum absolute atomic E-state index is 11.5. The van der Waals surface area contributed by atoms with E-state index in [4.69, 9.17) is 0 Å². The van der Waals surface area contributed by atoms with Gasteiger partial charge in [0.25, 0.3) is 0 Å². The third-order valence-corrected chi connectivity index (χ3v) is 3.75. The summed E-state index contributed by atoms with van der Waals surface area (Å²) >= 11 is 0. The van der Waals surface area contributed by atoms with Gasteiger partial charge in [-0.3, -0.25) is 0 Å². The highest BCUT2D eigenvalue weighted by Gasteiger charge is 2.12. The molecule has 1 aromatic carbocycles. The maximum atomic E-state index is 11.5. The Morgan fingerprint density at radius 3 is 2.57 bits per heavy atom. The molecule has 4 heteroatoms. The molecule has 0 radical (unpaired) electrons. The number of esters is 1. The molecule has 0 amide bonds. The number of methoxy groups -OCH3 is 1. The van der Waals surface area contributed by atoms with Crippen molar-refractivity contribution in [1.29, 1.82) is 0 Å². The molecule has 1 rings (SSSR count). The highest BCUT2D eigenvalue weighted by molar-refractivity contribution is 5.82.